The minimum absolute atomic E-state index is 0.732. The fourth-order valence-corrected chi connectivity index (χ4v) is 2.44. The molecule has 3 aromatic rings. The van der Waals surface area contributed by atoms with Gasteiger partial charge in [-0.15, -0.1) is 0 Å². The molecule has 0 atom stereocenters. The minimum Gasteiger partial charge on any atom is -0.342 e. The van der Waals surface area contributed by atoms with Crippen LogP contribution >= 0.6 is 11.6 Å². The molecule has 1 aromatic heterocycles. The average Bonchev–Trinajstić information content (AvgIpc) is 2.82. The first kappa shape index (κ1) is 12.2. The zero-order valence-corrected chi connectivity index (χ0v) is 11.5. The molecule has 0 saturated carbocycles. The lowest BCUT2D eigenvalue weighted by molar-refractivity contribution is 1.04. The van der Waals surface area contributed by atoms with Crippen LogP contribution < -0.4 is 0 Å². The van der Waals surface area contributed by atoms with Crippen molar-refractivity contribution in [2.75, 3.05) is 0 Å². The molecule has 3 rings (SSSR count). The zero-order valence-electron chi connectivity index (χ0n) is 10.8. The summed E-state index contributed by atoms with van der Waals surface area (Å²) in [5.74, 6) is 0.955. The van der Waals surface area contributed by atoms with Gasteiger partial charge in [-0.3, -0.25) is 0 Å². The van der Waals surface area contributed by atoms with Crippen LogP contribution in [-0.4, -0.2) is 9.97 Å². The summed E-state index contributed by atoms with van der Waals surface area (Å²) >= 11 is 6.18. The standard InChI is InChI=1S/C16H15ClN2/c1-2-11-7-8-14-15(9-11)19-16(18-14)10-12-5-3-4-6-13(12)17/h3-9H,2,10H2,1H3,(H,18,19). The van der Waals surface area contributed by atoms with Crippen molar-refractivity contribution in [1.29, 1.82) is 0 Å². The number of aryl methyl sites for hydroxylation is 1. The zero-order chi connectivity index (χ0) is 13.2. The van der Waals surface area contributed by atoms with Gasteiger partial charge in [0.1, 0.15) is 5.82 Å². The van der Waals surface area contributed by atoms with Gasteiger partial charge in [0.25, 0.3) is 0 Å². The van der Waals surface area contributed by atoms with Gasteiger partial charge >= 0.3 is 0 Å². The van der Waals surface area contributed by atoms with Gasteiger partial charge in [-0.05, 0) is 35.7 Å². The normalized spacial score (nSPS) is 11.1. The van der Waals surface area contributed by atoms with Crippen molar-refractivity contribution < 1.29 is 0 Å². The van der Waals surface area contributed by atoms with Crippen LogP contribution in [0.4, 0.5) is 0 Å². The molecule has 2 aromatic carbocycles. The number of benzene rings is 2. The summed E-state index contributed by atoms with van der Waals surface area (Å²) in [7, 11) is 0. The third-order valence-electron chi connectivity index (χ3n) is 3.32. The Labute approximate surface area is 117 Å². The van der Waals surface area contributed by atoms with Gasteiger partial charge < -0.3 is 4.98 Å². The van der Waals surface area contributed by atoms with Crippen LogP contribution in [0.1, 0.15) is 23.9 Å². The summed E-state index contributed by atoms with van der Waals surface area (Å²) in [5, 5.41) is 0.789. The van der Waals surface area contributed by atoms with Gasteiger partial charge in [0.15, 0.2) is 0 Å². The van der Waals surface area contributed by atoms with Gasteiger partial charge in [0.05, 0.1) is 11.0 Å². The largest absolute Gasteiger partial charge is 0.342 e. The van der Waals surface area contributed by atoms with Crippen molar-refractivity contribution in [2.45, 2.75) is 19.8 Å². The number of aromatic nitrogens is 2. The molecule has 0 unspecified atom stereocenters. The monoisotopic (exact) mass is 270 g/mol. The molecule has 0 radical (unpaired) electrons. The van der Waals surface area contributed by atoms with E-state index in [4.69, 9.17) is 11.6 Å². The van der Waals surface area contributed by atoms with Gasteiger partial charge in [-0.25, -0.2) is 4.98 Å². The first-order valence-electron chi connectivity index (χ1n) is 6.47. The lowest BCUT2D eigenvalue weighted by atomic mass is 10.1. The molecule has 0 bridgehead atoms. The quantitative estimate of drug-likeness (QED) is 0.752. The van der Waals surface area contributed by atoms with Gasteiger partial charge in [0.2, 0.25) is 0 Å². The Morgan fingerprint density at radius 3 is 2.79 bits per heavy atom. The fraction of sp³-hybridized carbons (Fsp3) is 0.188. The molecule has 0 aliphatic rings. The molecule has 19 heavy (non-hydrogen) atoms. The number of hydrogen-bond donors (Lipinski definition) is 1. The summed E-state index contributed by atoms with van der Waals surface area (Å²) < 4.78 is 0. The van der Waals surface area contributed by atoms with Gasteiger partial charge in [-0.2, -0.15) is 0 Å². The van der Waals surface area contributed by atoms with E-state index < -0.39 is 0 Å². The SMILES string of the molecule is CCc1ccc2nc(Cc3ccccc3Cl)[nH]c2c1. The van der Waals surface area contributed by atoms with Crippen LogP contribution in [0.25, 0.3) is 11.0 Å². The predicted molar refractivity (Wildman–Crippen MR) is 79.7 cm³/mol. The molecule has 1 N–H and O–H groups in total. The fourth-order valence-electron chi connectivity index (χ4n) is 2.24. The number of hydrogen-bond acceptors (Lipinski definition) is 1. The van der Waals surface area contributed by atoms with Crippen LogP contribution in [0.3, 0.4) is 0 Å². The maximum Gasteiger partial charge on any atom is 0.111 e. The van der Waals surface area contributed by atoms with E-state index in [0.717, 1.165) is 40.3 Å². The molecular formula is C16H15ClN2. The molecule has 0 aliphatic carbocycles. The Kier molecular flexibility index (Phi) is 3.26. The first-order valence-corrected chi connectivity index (χ1v) is 6.85. The number of rotatable bonds is 3. The second-order valence-electron chi connectivity index (χ2n) is 4.66. The van der Waals surface area contributed by atoms with E-state index in [1.807, 2.05) is 24.3 Å². The molecule has 0 spiro atoms. The summed E-state index contributed by atoms with van der Waals surface area (Å²) in [6.07, 6.45) is 1.77. The van der Waals surface area contributed by atoms with E-state index in [-0.39, 0.29) is 0 Å². The van der Waals surface area contributed by atoms with Gasteiger partial charge in [-0.1, -0.05) is 42.8 Å². The Morgan fingerprint density at radius 2 is 2.00 bits per heavy atom. The number of nitrogens with zero attached hydrogens (tertiary/aromatic N) is 1. The van der Waals surface area contributed by atoms with E-state index in [9.17, 15) is 0 Å². The van der Waals surface area contributed by atoms with Crippen molar-refractivity contribution >= 4 is 22.6 Å². The highest BCUT2D eigenvalue weighted by Crippen LogP contribution is 2.20. The van der Waals surface area contributed by atoms with Crippen LogP contribution in [0.2, 0.25) is 5.02 Å². The van der Waals surface area contributed by atoms with Gasteiger partial charge in [0, 0.05) is 11.4 Å². The van der Waals surface area contributed by atoms with Crippen molar-refractivity contribution in [3.63, 3.8) is 0 Å². The molecule has 0 aliphatic heterocycles. The van der Waals surface area contributed by atoms with Crippen molar-refractivity contribution in [2.24, 2.45) is 0 Å². The number of nitrogens with one attached hydrogen (secondary N) is 1. The predicted octanol–water partition coefficient (Wildman–Crippen LogP) is 4.37. The minimum atomic E-state index is 0.732. The number of fused-ring (bicyclic) bond motifs is 1. The second kappa shape index (κ2) is 5.06. The van der Waals surface area contributed by atoms with E-state index in [1.54, 1.807) is 0 Å². The van der Waals surface area contributed by atoms with Crippen molar-refractivity contribution in [3.05, 3.63) is 64.4 Å². The molecule has 0 amide bonds. The van der Waals surface area contributed by atoms with E-state index in [0.29, 0.717) is 0 Å². The highest BCUT2D eigenvalue weighted by Gasteiger charge is 2.06. The highest BCUT2D eigenvalue weighted by atomic mass is 35.5. The number of aromatic amines is 1. The van der Waals surface area contributed by atoms with Crippen LogP contribution in [-0.2, 0) is 12.8 Å². The van der Waals surface area contributed by atoms with E-state index in [1.165, 1.54) is 5.56 Å². The van der Waals surface area contributed by atoms with E-state index in [2.05, 4.69) is 35.1 Å². The Bertz CT molecular complexity index is 716. The van der Waals surface area contributed by atoms with E-state index >= 15 is 0 Å². The number of imidazole rings is 1. The molecule has 2 nitrogen and oxygen atoms in total. The Hall–Kier alpha value is -1.80. The first-order chi connectivity index (χ1) is 9.26. The summed E-state index contributed by atoms with van der Waals surface area (Å²) in [4.78, 5) is 7.99. The van der Waals surface area contributed by atoms with Crippen molar-refractivity contribution in [1.82, 2.24) is 9.97 Å². The lowest BCUT2D eigenvalue weighted by Crippen LogP contribution is -1.91. The van der Waals surface area contributed by atoms with Crippen molar-refractivity contribution in [3.8, 4) is 0 Å². The smallest absolute Gasteiger partial charge is 0.111 e. The summed E-state index contributed by atoms with van der Waals surface area (Å²) in [6.45, 7) is 2.15. The summed E-state index contributed by atoms with van der Waals surface area (Å²) in [5.41, 5.74) is 4.53. The molecule has 0 saturated heterocycles. The maximum atomic E-state index is 6.18. The molecule has 1 heterocycles. The highest BCUT2D eigenvalue weighted by molar-refractivity contribution is 6.31. The summed E-state index contributed by atoms with van der Waals surface area (Å²) in [6, 6.07) is 14.3. The molecule has 0 fully saturated rings. The topological polar surface area (TPSA) is 28.7 Å². The van der Waals surface area contributed by atoms with Crippen LogP contribution in [0, 0.1) is 0 Å². The van der Waals surface area contributed by atoms with Crippen LogP contribution in [0.15, 0.2) is 42.5 Å². The third-order valence-corrected chi connectivity index (χ3v) is 3.69. The van der Waals surface area contributed by atoms with Crippen LogP contribution in [0.5, 0.6) is 0 Å². The second-order valence-corrected chi connectivity index (χ2v) is 5.06. The average molecular weight is 271 g/mol. The Balaban J connectivity index is 1.95. The Morgan fingerprint density at radius 1 is 1.16 bits per heavy atom. The molecule has 3 heteroatoms. The lowest BCUT2D eigenvalue weighted by Gasteiger charge is -2.00. The molecular weight excluding hydrogens is 256 g/mol. The number of H-pyrrole nitrogens is 1. The third kappa shape index (κ3) is 2.49. The molecule has 96 valence electrons. The maximum absolute atomic E-state index is 6.18. The number of halogens is 1.